The Bertz CT molecular complexity index is 487. The molecule has 0 aliphatic carbocycles. The van der Waals surface area contributed by atoms with Gasteiger partial charge in [-0.15, -0.1) is 0 Å². The van der Waals surface area contributed by atoms with Gasteiger partial charge in [0.05, 0.1) is 6.54 Å². The third-order valence-electron chi connectivity index (χ3n) is 2.88. The molecule has 96 valence electrons. The molecule has 0 saturated heterocycles. The van der Waals surface area contributed by atoms with Crippen LogP contribution in [-0.2, 0) is 17.9 Å². The maximum Gasteiger partial charge on any atom is 0.251 e. The number of aliphatic hydroxyl groups excluding tert-OH is 1. The number of primary amides is 1. The third-order valence-corrected chi connectivity index (χ3v) is 2.88. The van der Waals surface area contributed by atoms with Gasteiger partial charge in [-0.25, -0.2) is 0 Å². The van der Waals surface area contributed by atoms with Gasteiger partial charge in [0.2, 0.25) is 5.91 Å². The van der Waals surface area contributed by atoms with E-state index in [-0.39, 0.29) is 12.5 Å². The fourth-order valence-corrected chi connectivity index (χ4v) is 1.83. The molecule has 6 nitrogen and oxygen atoms in total. The Labute approximate surface area is 104 Å². The molecule has 6 heteroatoms. The van der Waals surface area contributed by atoms with Crippen LogP contribution in [0.1, 0.15) is 21.5 Å². The zero-order chi connectivity index (χ0) is 13.1. The van der Waals surface area contributed by atoms with Gasteiger partial charge in [-0.05, 0) is 23.3 Å². The first-order valence-electron chi connectivity index (χ1n) is 5.66. The van der Waals surface area contributed by atoms with Crippen LogP contribution in [0, 0.1) is 0 Å². The summed E-state index contributed by atoms with van der Waals surface area (Å²) < 4.78 is 0. The van der Waals surface area contributed by atoms with E-state index in [1.54, 1.807) is 12.1 Å². The zero-order valence-electron chi connectivity index (χ0n) is 9.77. The highest BCUT2D eigenvalue weighted by Gasteiger charge is 2.15. The first-order chi connectivity index (χ1) is 8.58. The first kappa shape index (κ1) is 12.5. The average molecular weight is 249 g/mol. The second-order valence-electron chi connectivity index (χ2n) is 4.22. The van der Waals surface area contributed by atoms with Crippen LogP contribution in [0.4, 0.5) is 0 Å². The molecule has 5 N–H and O–H groups in total. The minimum Gasteiger partial charge on any atom is -0.381 e. The van der Waals surface area contributed by atoms with E-state index in [9.17, 15) is 14.7 Å². The van der Waals surface area contributed by atoms with E-state index in [0.29, 0.717) is 5.56 Å². The number of fused-ring (bicyclic) bond motifs is 1. The average Bonchev–Trinajstić information content (AvgIpc) is 2.82. The lowest BCUT2D eigenvalue weighted by Gasteiger charge is -2.09. The fraction of sp³-hybridized carbons (Fsp3) is 0.333. The molecule has 1 aromatic rings. The predicted octanol–water partition coefficient (Wildman–Crippen LogP) is -1.13. The number of benzene rings is 1. The zero-order valence-corrected chi connectivity index (χ0v) is 9.77. The van der Waals surface area contributed by atoms with E-state index in [0.717, 1.165) is 18.7 Å². The molecule has 2 amide bonds. The second-order valence-corrected chi connectivity index (χ2v) is 4.22. The first-order valence-corrected chi connectivity index (χ1v) is 5.66. The van der Waals surface area contributed by atoms with Gasteiger partial charge in [0.1, 0.15) is 6.10 Å². The van der Waals surface area contributed by atoms with Crippen LogP contribution in [0.25, 0.3) is 0 Å². The van der Waals surface area contributed by atoms with Crippen molar-refractivity contribution >= 4 is 11.8 Å². The molecule has 18 heavy (non-hydrogen) atoms. The van der Waals surface area contributed by atoms with Crippen LogP contribution in [0.15, 0.2) is 18.2 Å². The molecule has 0 radical (unpaired) electrons. The molecule has 0 spiro atoms. The smallest absolute Gasteiger partial charge is 0.251 e. The van der Waals surface area contributed by atoms with Gasteiger partial charge < -0.3 is 21.5 Å². The van der Waals surface area contributed by atoms with Crippen molar-refractivity contribution in [1.29, 1.82) is 0 Å². The summed E-state index contributed by atoms with van der Waals surface area (Å²) in [5.74, 6) is -1.18. The molecular formula is C12H15N3O3. The number of aliphatic hydroxyl groups is 1. The molecule has 1 aromatic carbocycles. The van der Waals surface area contributed by atoms with E-state index in [1.165, 1.54) is 5.56 Å². The topological polar surface area (TPSA) is 104 Å². The van der Waals surface area contributed by atoms with Crippen LogP contribution in [0.3, 0.4) is 0 Å². The summed E-state index contributed by atoms with van der Waals surface area (Å²) in [4.78, 5) is 22.4. The lowest BCUT2D eigenvalue weighted by molar-refractivity contribution is -0.125. The van der Waals surface area contributed by atoms with Crippen LogP contribution >= 0.6 is 0 Å². The lowest BCUT2D eigenvalue weighted by Crippen LogP contribution is -2.40. The number of carbonyl (C=O) groups is 2. The molecule has 1 atom stereocenters. The Morgan fingerprint density at radius 3 is 2.83 bits per heavy atom. The number of rotatable bonds is 4. The van der Waals surface area contributed by atoms with Crippen LogP contribution < -0.4 is 16.4 Å². The maximum atomic E-state index is 11.8. The van der Waals surface area contributed by atoms with Crippen molar-refractivity contribution in [1.82, 2.24) is 10.6 Å². The molecule has 0 fully saturated rings. The molecule has 0 aromatic heterocycles. The van der Waals surface area contributed by atoms with Crippen molar-refractivity contribution in [3.05, 3.63) is 34.9 Å². The number of hydrogen-bond acceptors (Lipinski definition) is 4. The van der Waals surface area contributed by atoms with Crippen molar-refractivity contribution in [2.24, 2.45) is 5.73 Å². The summed E-state index contributed by atoms with van der Waals surface area (Å²) in [6.07, 6.45) is -1.36. The Morgan fingerprint density at radius 2 is 2.11 bits per heavy atom. The Morgan fingerprint density at radius 1 is 1.39 bits per heavy atom. The number of nitrogens with two attached hydrogens (primary N) is 1. The van der Waals surface area contributed by atoms with E-state index < -0.39 is 12.0 Å². The van der Waals surface area contributed by atoms with E-state index in [1.807, 2.05) is 6.07 Å². The van der Waals surface area contributed by atoms with Crippen LogP contribution in [-0.4, -0.2) is 29.6 Å². The molecule has 0 saturated carbocycles. The highest BCUT2D eigenvalue weighted by Crippen LogP contribution is 2.16. The van der Waals surface area contributed by atoms with Gasteiger partial charge in [0.25, 0.3) is 5.91 Å². The normalized spacial score (nSPS) is 14.9. The Kier molecular flexibility index (Phi) is 3.59. The molecule has 1 heterocycles. The molecule has 2 rings (SSSR count). The van der Waals surface area contributed by atoms with Gasteiger partial charge >= 0.3 is 0 Å². The maximum absolute atomic E-state index is 11.8. The number of nitrogens with one attached hydrogen (secondary N) is 2. The van der Waals surface area contributed by atoms with Gasteiger partial charge in [-0.3, -0.25) is 9.59 Å². The Balaban J connectivity index is 1.99. The highest BCUT2D eigenvalue weighted by molar-refractivity contribution is 5.94. The largest absolute Gasteiger partial charge is 0.381 e. The van der Waals surface area contributed by atoms with E-state index >= 15 is 0 Å². The monoisotopic (exact) mass is 249 g/mol. The van der Waals surface area contributed by atoms with Gasteiger partial charge in [0.15, 0.2) is 0 Å². The van der Waals surface area contributed by atoms with Crippen molar-refractivity contribution in [2.75, 3.05) is 6.54 Å². The van der Waals surface area contributed by atoms with Crippen molar-refractivity contribution in [3.8, 4) is 0 Å². The molecule has 1 unspecified atom stereocenters. The number of amides is 2. The number of hydrogen-bond donors (Lipinski definition) is 4. The summed E-state index contributed by atoms with van der Waals surface area (Å²) in [7, 11) is 0. The quantitative estimate of drug-likeness (QED) is 0.541. The second kappa shape index (κ2) is 5.16. The predicted molar refractivity (Wildman–Crippen MR) is 64.5 cm³/mol. The summed E-state index contributed by atoms with van der Waals surface area (Å²) >= 11 is 0. The van der Waals surface area contributed by atoms with Gasteiger partial charge in [-0.2, -0.15) is 0 Å². The van der Waals surface area contributed by atoms with E-state index in [4.69, 9.17) is 5.73 Å². The van der Waals surface area contributed by atoms with Gasteiger partial charge in [0, 0.05) is 18.7 Å². The summed E-state index contributed by atoms with van der Waals surface area (Å²) in [6, 6.07) is 5.42. The van der Waals surface area contributed by atoms with E-state index in [2.05, 4.69) is 10.6 Å². The summed E-state index contributed by atoms with van der Waals surface area (Å²) in [6.45, 7) is 1.39. The summed E-state index contributed by atoms with van der Waals surface area (Å²) in [5, 5.41) is 14.8. The van der Waals surface area contributed by atoms with Gasteiger partial charge in [-0.1, -0.05) is 6.07 Å². The van der Waals surface area contributed by atoms with Crippen molar-refractivity contribution < 1.29 is 14.7 Å². The Hall–Kier alpha value is -1.92. The summed E-state index contributed by atoms with van der Waals surface area (Å²) in [5.41, 5.74) is 7.67. The minimum absolute atomic E-state index is 0.177. The fourth-order valence-electron chi connectivity index (χ4n) is 1.83. The minimum atomic E-state index is -1.36. The standard InChI is InChI=1S/C12H15N3O3/c13-11(17)10(16)6-15-12(18)7-1-2-8-4-14-5-9(8)3-7/h1-3,10,14,16H,4-6H2,(H2,13,17)(H,15,18). The van der Waals surface area contributed by atoms with Crippen LogP contribution in [0.5, 0.6) is 0 Å². The van der Waals surface area contributed by atoms with Crippen LogP contribution in [0.2, 0.25) is 0 Å². The molecular weight excluding hydrogens is 234 g/mol. The van der Waals surface area contributed by atoms with Crippen molar-refractivity contribution in [2.45, 2.75) is 19.2 Å². The SMILES string of the molecule is NC(=O)C(O)CNC(=O)c1ccc2c(c1)CNC2. The molecule has 1 aliphatic heterocycles. The molecule has 0 bridgehead atoms. The lowest BCUT2D eigenvalue weighted by atomic mass is 10.1. The third kappa shape index (κ3) is 2.66. The van der Waals surface area contributed by atoms with Crippen molar-refractivity contribution in [3.63, 3.8) is 0 Å². The number of carbonyl (C=O) groups excluding carboxylic acids is 2. The highest BCUT2D eigenvalue weighted by atomic mass is 16.3. The molecule has 1 aliphatic rings.